The van der Waals surface area contributed by atoms with Gasteiger partial charge in [-0.25, -0.2) is 9.50 Å². The highest BCUT2D eigenvalue weighted by atomic mass is 16.2. The van der Waals surface area contributed by atoms with E-state index in [0.29, 0.717) is 18.5 Å². The molecule has 1 saturated heterocycles. The highest BCUT2D eigenvalue weighted by Crippen LogP contribution is 2.38. The summed E-state index contributed by atoms with van der Waals surface area (Å²) < 4.78 is 3.47. The van der Waals surface area contributed by atoms with Gasteiger partial charge in [0.2, 0.25) is 0 Å². The Kier molecular flexibility index (Phi) is 9.98. The molecule has 210 valence electrons. The molecule has 0 saturated carbocycles. The molecule has 0 bridgehead atoms. The Morgan fingerprint density at radius 2 is 1.85 bits per heavy atom. The lowest BCUT2D eigenvalue weighted by atomic mass is 10.0. The lowest BCUT2D eigenvalue weighted by Crippen LogP contribution is -2.31. The minimum atomic E-state index is -0.666. The number of rotatable bonds is 5. The SMILES string of the molecule is CC.CC[C@H]1C[C@H](c2ccccn2)N(c2ccc3ncc(C)n3n2)C1.CCn1c(C)c(C)cc(C(N)=O)c1=O.[HH]. The molecular formula is C30H43N7O2. The molecule has 0 aliphatic carbocycles. The number of amides is 1. The number of pyridine rings is 2. The van der Waals surface area contributed by atoms with E-state index in [9.17, 15) is 9.59 Å². The molecule has 5 rings (SSSR count). The van der Waals surface area contributed by atoms with Crippen molar-refractivity contribution in [3.63, 3.8) is 0 Å². The third kappa shape index (κ3) is 6.35. The largest absolute Gasteiger partial charge is 0.365 e. The van der Waals surface area contributed by atoms with Gasteiger partial charge in [-0.3, -0.25) is 14.6 Å². The summed E-state index contributed by atoms with van der Waals surface area (Å²) in [5.41, 5.74) is 9.73. The van der Waals surface area contributed by atoms with Crippen molar-refractivity contribution in [3.8, 4) is 0 Å². The van der Waals surface area contributed by atoms with Crippen LogP contribution in [0.25, 0.3) is 5.65 Å². The van der Waals surface area contributed by atoms with Crippen LogP contribution in [0.4, 0.5) is 5.82 Å². The molecule has 2 N–H and O–H groups in total. The maximum absolute atomic E-state index is 11.7. The second kappa shape index (κ2) is 13.2. The van der Waals surface area contributed by atoms with E-state index in [2.05, 4.69) is 40.0 Å². The highest BCUT2D eigenvalue weighted by Gasteiger charge is 2.34. The van der Waals surface area contributed by atoms with Crippen molar-refractivity contribution in [1.29, 1.82) is 0 Å². The number of aromatic nitrogens is 5. The first-order valence-corrected chi connectivity index (χ1v) is 13.7. The Bertz CT molecular complexity index is 1470. The monoisotopic (exact) mass is 533 g/mol. The van der Waals surface area contributed by atoms with Crippen molar-refractivity contribution in [2.45, 2.75) is 73.9 Å². The van der Waals surface area contributed by atoms with Gasteiger partial charge < -0.3 is 15.2 Å². The molecule has 0 aromatic carbocycles. The lowest BCUT2D eigenvalue weighted by Gasteiger charge is -2.25. The van der Waals surface area contributed by atoms with Gasteiger partial charge in [-0.05, 0) is 75.9 Å². The molecule has 0 spiro atoms. The predicted octanol–water partition coefficient (Wildman–Crippen LogP) is 5.27. The standard InChI is InChI=1S/C18H21N5.C10H14N2O2.C2H6.H2/c1-3-14-10-16(15-6-4-5-9-19-15)22(12-14)18-8-7-17-20-11-13(2)23(17)21-18;1-4-12-7(3)6(2)5-8(9(11)13)10(12)14;1-2;/h4-9,11,14,16H,3,10,12H2,1-2H3;5H,4H2,1-3H3,(H2,11,13);1-2H3;1H/t14-,16+;;;/m0.../s1. The van der Waals surface area contributed by atoms with Crippen LogP contribution in [0.1, 0.15) is 81.0 Å². The molecule has 0 radical (unpaired) electrons. The molecule has 2 atom stereocenters. The van der Waals surface area contributed by atoms with Crippen LogP contribution in [0, 0.1) is 26.7 Å². The van der Waals surface area contributed by atoms with Crippen LogP contribution in [0.15, 0.2) is 53.6 Å². The molecule has 39 heavy (non-hydrogen) atoms. The Morgan fingerprint density at radius 1 is 1.10 bits per heavy atom. The van der Waals surface area contributed by atoms with Crippen LogP contribution in [0.5, 0.6) is 0 Å². The van der Waals surface area contributed by atoms with Gasteiger partial charge in [0.25, 0.3) is 11.5 Å². The molecule has 1 fully saturated rings. The Labute approximate surface area is 232 Å². The normalized spacial score (nSPS) is 16.3. The summed E-state index contributed by atoms with van der Waals surface area (Å²) in [7, 11) is 0. The van der Waals surface area contributed by atoms with Gasteiger partial charge in [0, 0.05) is 26.4 Å². The summed E-state index contributed by atoms with van der Waals surface area (Å²) in [6.07, 6.45) is 6.06. The van der Waals surface area contributed by atoms with E-state index >= 15 is 0 Å². The van der Waals surface area contributed by atoms with Gasteiger partial charge in [0.1, 0.15) is 11.4 Å². The van der Waals surface area contributed by atoms with Gasteiger partial charge in [-0.2, -0.15) is 0 Å². The van der Waals surface area contributed by atoms with E-state index in [1.165, 1.54) is 6.42 Å². The third-order valence-corrected chi connectivity index (χ3v) is 7.20. The number of aryl methyl sites for hydroxylation is 2. The average molecular weight is 534 g/mol. The van der Waals surface area contributed by atoms with Crippen molar-refractivity contribution in [3.05, 3.63) is 87.4 Å². The van der Waals surface area contributed by atoms with Gasteiger partial charge >= 0.3 is 0 Å². The first kappa shape index (κ1) is 29.5. The van der Waals surface area contributed by atoms with Crippen molar-refractivity contribution in [2.24, 2.45) is 11.7 Å². The number of primary amides is 1. The molecule has 9 nitrogen and oxygen atoms in total. The fraction of sp³-hybridized carbons (Fsp3) is 0.433. The van der Waals surface area contributed by atoms with E-state index in [-0.39, 0.29) is 12.5 Å². The number of anilines is 1. The smallest absolute Gasteiger partial charge is 0.263 e. The zero-order valence-electron chi connectivity index (χ0n) is 24.2. The van der Waals surface area contributed by atoms with E-state index in [1.807, 2.05) is 70.6 Å². The topological polar surface area (TPSA) is 111 Å². The van der Waals surface area contributed by atoms with Gasteiger partial charge in [0.05, 0.1) is 23.6 Å². The first-order chi connectivity index (χ1) is 18.7. The zero-order valence-corrected chi connectivity index (χ0v) is 24.2. The minimum absolute atomic E-state index is 0. The van der Waals surface area contributed by atoms with Gasteiger partial charge in [0.15, 0.2) is 5.65 Å². The molecule has 9 heteroatoms. The van der Waals surface area contributed by atoms with Crippen LogP contribution >= 0.6 is 0 Å². The second-order valence-electron chi connectivity index (χ2n) is 9.53. The van der Waals surface area contributed by atoms with Crippen molar-refractivity contribution in [2.75, 3.05) is 11.4 Å². The summed E-state index contributed by atoms with van der Waals surface area (Å²) in [5.74, 6) is 1.02. The number of carbonyl (C=O) groups is 1. The Balaban J connectivity index is 0.000000286. The Hall–Kier alpha value is -4.01. The minimum Gasteiger partial charge on any atom is -0.365 e. The Morgan fingerprint density at radius 3 is 2.46 bits per heavy atom. The summed E-state index contributed by atoms with van der Waals surface area (Å²) in [5, 5.41) is 4.81. The van der Waals surface area contributed by atoms with E-state index < -0.39 is 5.91 Å². The van der Waals surface area contributed by atoms with Crippen molar-refractivity contribution < 1.29 is 6.22 Å². The lowest BCUT2D eigenvalue weighted by molar-refractivity contribution is 0.0998. The van der Waals surface area contributed by atoms with Crippen LogP contribution in [-0.2, 0) is 6.54 Å². The zero-order chi connectivity index (χ0) is 28.7. The number of imidazole rings is 1. The first-order valence-electron chi connectivity index (χ1n) is 13.7. The number of carbonyl (C=O) groups excluding carboxylic acids is 1. The fourth-order valence-corrected chi connectivity index (χ4v) is 4.91. The van der Waals surface area contributed by atoms with Gasteiger partial charge in [-0.1, -0.05) is 33.3 Å². The molecule has 1 amide bonds. The molecule has 1 aliphatic heterocycles. The van der Waals surface area contributed by atoms with Crippen molar-refractivity contribution in [1.82, 2.24) is 24.1 Å². The van der Waals surface area contributed by atoms with E-state index in [1.54, 1.807) is 10.6 Å². The van der Waals surface area contributed by atoms with Crippen LogP contribution in [0.3, 0.4) is 0 Å². The second-order valence-corrected chi connectivity index (χ2v) is 9.53. The molecule has 1 aliphatic rings. The highest BCUT2D eigenvalue weighted by molar-refractivity contribution is 5.92. The number of nitrogens with zero attached hydrogens (tertiary/aromatic N) is 6. The molecule has 4 aromatic rings. The van der Waals surface area contributed by atoms with Crippen LogP contribution < -0.4 is 16.2 Å². The van der Waals surface area contributed by atoms with Crippen LogP contribution in [0.2, 0.25) is 0 Å². The van der Waals surface area contributed by atoms with Gasteiger partial charge in [-0.15, -0.1) is 5.10 Å². The van der Waals surface area contributed by atoms with E-state index in [0.717, 1.165) is 47.1 Å². The molecule has 5 heterocycles. The summed E-state index contributed by atoms with van der Waals surface area (Å²) >= 11 is 0. The van der Waals surface area contributed by atoms with Crippen molar-refractivity contribution >= 4 is 17.4 Å². The predicted molar refractivity (Wildman–Crippen MR) is 158 cm³/mol. The average Bonchev–Trinajstić information content (AvgIpc) is 3.56. The molecular weight excluding hydrogens is 490 g/mol. The number of hydrogen-bond acceptors (Lipinski definition) is 6. The van der Waals surface area contributed by atoms with Crippen LogP contribution in [-0.4, -0.2) is 36.6 Å². The quantitative estimate of drug-likeness (QED) is 0.374. The number of nitrogens with two attached hydrogens (primary N) is 1. The number of fused-ring (bicyclic) bond motifs is 1. The molecule has 4 aromatic heterocycles. The fourth-order valence-electron chi connectivity index (χ4n) is 4.91. The summed E-state index contributed by atoms with van der Waals surface area (Å²) in [6.45, 7) is 15.4. The van der Waals surface area contributed by atoms with E-state index in [4.69, 9.17) is 10.8 Å². The maximum atomic E-state index is 11.7. The third-order valence-electron chi connectivity index (χ3n) is 7.20. The number of hydrogen-bond donors (Lipinski definition) is 1. The summed E-state index contributed by atoms with van der Waals surface area (Å²) in [4.78, 5) is 34.0. The maximum Gasteiger partial charge on any atom is 0.263 e. The molecule has 0 unspecified atom stereocenters. The summed E-state index contributed by atoms with van der Waals surface area (Å²) in [6, 6.07) is 12.1.